The van der Waals surface area contributed by atoms with Gasteiger partial charge in [0.15, 0.2) is 4.80 Å². The quantitative estimate of drug-likeness (QED) is 0.519. The SMILES string of the molecule is C=CCn1c(=NC(=O)c2ccc(S(=O)(=O)N3CCCCC3)cc2)sc2cc(C)cc(C)c21. The molecule has 0 spiro atoms. The number of benzene rings is 2. The van der Waals surface area contributed by atoms with E-state index in [0.29, 0.717) is 30.0 Å². The molecule has 2 aromatic carbocycles. The molecule has 6 nitrogen and oxygen atoms in total. The number of piperidine rings is 1. The second-order valence-corrected chi connectivity index (χ2v) is 11.1. The van der Waals surface area contributed by atoms with Gasteiger partial charge in [0.25, 0.3) is 5.91 Å². The number of hydrogen-bond acceptors (Lipinski definition) is 4. The first-order chi connectivity index (χ1) is 15.3. The van der Waals surface area contributed by atoms with Crippen LogP contribution in [0.2, 0.25) is 0 Å². The summed E-state index contributed by atoms with van der Waals surface area (Å²) in [5.41, 5.74) is 3.69. The van der Waals surface area contributed by atoms with E-state index in [1.54, 1.807) is 18.2 Å². The van der Waals surface area contributed by atoms with Gasteiger partial charge < -0.3 is 4.57 Å². The molecule has 1 aliphatic heterocycles. The second kappa shape index (κ2) is 9.13. The van der Waals surface area contributed by atoms with Crippen molar-refractivity contribution >= 4 is 37.5 Å². The van der Waals surface area contributed by atoms with Crippen LogP contribution in [0.15, 0.2) is 58.9 Å². The van der Waals surface area contributed by atoms with Crippen LogP contribution >= 0.6 is 11.3 Å². The highest BCUT2D eigenvalue weighted by Crippen LogP contribution is 2.24. The second-order valence-electron chi connectivity index (χ2n) is 8.12. The highest BCUT2D eigenvalue weighted by Gasteiger charge is 2.26. The van der Waals surface area contributed by atoms with Gasteiger partial charge >= 0.3 is 0 Å². The van der Waals surface area contributed by atoms with Gasteiger partial charge in [-0.25, -0.2) is 8.42 Å². The van der Waals surface area contributed by atoms with Crippen LogP contribution in [0.1, 0.15) is 40.7 Å². The molecule has 0 bridgehead atoms. The van der Waals surface area contributed by atoms with Gasteiger partial charge in [-0.2, -0.15) is 9.30 Å². The summed E-state index contributed by atoms with van der Waals surface area (Å²) < 4.78 is 30.3. The lowest BCUT2D eigenvalue weighted by molar-refractivity contribution is 0.0997. The van der Waals surface area contributed by atoms with Gasteiger partial charge in [-0.05, 0) is 68.1 Å². The van der Waals surface area contributed by atoms with Crippen molar-refractivity contribution in [1.82, 2.24) is 8.87 Å². The van der Waals surface area contributed by atoms with Gasteiger partial charge in [0.2, 0.25) is 10.0 Å². The third-order valence-electron chi connectivity index (χ3n) is 5.67. The van der Waals surface area contributed by atoms with Crippen LogP contribution in [0.5, 0.6) is 0 Å². The van der Waals surface area contributed by atoms with Crippen LogP contribution in [-0.4, -0.2) is 36.3 Å². The number of sulfonamides is 1. The Labute approximate surface area is 192 Å². The zero-order valence-corrected chi connectivity index (χ0v) is 20.0. The number of allylic oxidation sites excluding steroid dienone is 1. The van der Waals surface area contributed by atoms with E-state index < -0.39 is 15.9 Å². The smallest absolute Gasteiger partial charge is 0.279 e. The fraction of sp³-hybridized carbons (Fsp3) is 0.333. The zero-order chi connectivity index (χ0) is 22.9. The molecule has 8 heteroatoms. The van der Waals surface area contributed by atoms with Crippen LogP contribution in [0.4, 0.5) is 0 Å². The van der Waals surface area contributed by atoms with E-state index in [-0.39, 0.29) is 4.90 Å². The van der Waals surface area contributed by atoms with Gasteiger partial charge in [0.1, 0.15) is 0 Å². The Morgan fingerprint density at radius 1 is 1.12 bits per heavy atom. The number of carbonyl (C=O) groups is 1. The number of aryl methyl sites for hydroxylation is 2. The van der Waals surface area contributed by atoms with E-state index in [2.05, 4.69) is 30.6 Å². The molecule has 0 unspecified atom stereocenters. The van der Waals surface area contributed by atoms with Gasteiger partial charge in [-0.15, -0.1) is 6.58 Å². The molecule has 3 aromatic rings. The van der Waals surface area contributed by atoms with E-state index >= 15 is 0 Å². The lowest BCUT2D eigenvalue weighted by Crippen LogP contribution is -2.35. The van der Waals surface area contributed by atoms with Crippen molar-refractivity contribution in [1.29, 1.82) is 0 Å². The molecule has 32 heavy (non-hydrogen) atoms. The molecular weight excluding hydrogens is 442 g/mol. The standard InChI is InChI=1S/C24H27N3O3S2/c1-4-12-27-22-18(3)15-17(2)16-21(22)31-24(27)25-23(28)19-8-10-20(11-9-19)32(29,30)26-13-6-5-7-14-26/h4,8-11,15-16H,1,5-7,12-14H2,2-3H3. The Balaban J connectivity index is 1.68. The van der Waals surface area contributed by atoms with Crippen molar-refractivity contribution in [2.75, 3.05) is 13.1 Å². The predicted octanol–water partition coefficient (Wildman–Crippen LogP) is 4.42. The van der Waals surface area contributed by atoms with Gasteiger partial charge in [0.05, 0.1) is 15.1 Å². The van der Waals surface area contributed by atoms with Gasteiger partial charge in [-0.3, -0.25) is 4.79 Å². The number of amides is 1. The lowest BCUT2D eigenvalue weighted by Gasteiger charge is -2.25. The molecule has 4 rings (SSSR count). The van der Waals surface area contributed by atoms with Gasteiger partial charge in [0, 0.05) is 25.2 Å². The third kappa shape index (κ3) is 4.35. The molecule has 0 N–H and O–H groups in total. The minimum Gasteiger partial charge on any atom is -0.312 e. The first-order valence-electron chi connectivity index (χ1n) is 10.7. The molecule has 1 aliphatic rings. The maximum Gasteiger partial charge on any atom is 0.279 e. The minimum absolute atomic E-state index is 0.214. The van der Waals surface area contributed by atoms with Crippen molar-refractivity contribution in [2.24, 2.45) is 4.99 Å². The first kappa shape index (κ1) is 22.6. The van der Waals surface area contributed by atoms with E-state index in [1.807, 2.05) is 11.5 Å². The topological polar surface area (TPSA) is 71.7 Å². The average Bonchev–Trinajstić information content (AvgIpc) is 3.11. The molecular formula is C24H27N3O3S2. The van der Waals surface area contributed by atoms with Crippen molar-refractivity contribution < 1.29 is 13.2 Å². The molecule has 0 radical (unpaired) electrons. The lowest BCUT2D eigenvalue weighted by atomic mass is 10.1. The minimum atomic E-state index is -3.53. The summed E-state index contributed by atoms with van der Waals surface area (Å²) in [5, 5.41) is 0. The molecule has 0 atom stereocenters. The zero-order valence-electron chi connectivity index (χ0n) is 18.4. The summed E-state index contributed by atoms with van der Waals surface area (Å²) in [6.07, 6.45) is 4.61. The first-order valence-corrected chi connectivity index (χ1v) is 13.0. The number of hydrogen-bond donors (Lipinski definition) is 0. The van der Waals surface area contributed by atoms with Crippen molar-refractivity contribution in [3.05, 3.63) is 70.5 Å². The third-order valence-corrected chi connectivity index (χ3v) is 8.61. The summed E-state index contributed by atoms with van der Waals surface area (Å²) in [6.45, 7) is 9.57. The number of fused-ring (bicyclic) bond motifs is 1. The Hall–Kier alpha value is -2.55. The maximum atomic E-state index is 12.9. The van der Waals surface area contributed by atoms with Crippen molar-refractivity contribution in [3.63, 3.8) is 0 Å². The van der Waals surface area contributed by atoms with Crippen LogP contribution in [0, 0.1) is 13.8 Å². The van der Waals surface area contributed by atoms with Crippen molar-refractivity contribution in [2.45, 2.75) is 44.6 Å². The highest BCUT2D eigenvalue weighted by atomic mass is 32.2. The predicted molar refractivity (Wildman–Crippen MR) is 128 cm³/mol. The van der Waals surface area contributed by atoms with E-state index in [9.17, 15) is 13.2 Å². The average molecular weight is 470 g/mol. The largest absolute Gasteiger partial charge is 0.312 e. The molecule has 0 aliphatic carbocycles. The Kier molecular flexibility index (Phi) is 6.46. The summed E-state index contributed by atoms with van der Waals surface area (Å²) in [6, 6.07) is 10.3. The number of rotatable bonds is 5. The number of aromatic nitrogens is 1. The summed E-state index contributed by atoms with van der Waals surface area (Å²) in [4.78, 5) is 18.1. The van der Waals surface area contributed by atoms with Crippen LogP contribution < -0.4 is 4.80 Å². The van der Waals surface area contributed by atoms with Crippen LogP contribution in [-0.2, 0) is 16.6 Å². The fourth-order valence-electron chi connectivity index (χ4n) is 4.15. The highest BCUT2D eigenvalue weighted by molar-refractivity contribution is 7.89. The molecule has 168 valence electrons. The maximum absolute atomic E-state index is 12.9. The molecule has 1 amide bonds. The Morgan fingerprint density at radius 2 is 1.81 bits per heavy atom. The Morgan fingerprint density at radius 3 is 2.47 bits per heavy atom. The fourth-order valence-corrected chi connectivity index (χ4v) is 6.88. The van der Waals surface area contributed by atoms with Crippen molar-refractivity contribution in [3.8, 4) is 0 Å². The van der Waals surface area contributed by atoms with E-state index in [1.165, 1.54) is 27.8 Å². The number of nitrogens with zero attached hydrogens (tertiary/aromatic N) is 3. The molecule has 1 saturated heterocycles. The molecule has 0 saturated carbocycles. The van der Waals surface area contributed by atoms with E-state index in [0.717, 1.165) is 40.6 Å². The molecule has 1 fully saturated rings. The molecule has 1 aromatic heterocycles. The molecule has 2 heterocycles. The monoisotopic (exact) mass is 469 g/mol. The van der Waals surface area contributed by atoms with Crippen LogP contribution in [0.3, 0.4) is 0 Å². The summed E-state index contributed by atoms with van der Waals surface area (Å²) >= 11 is 1.47. The van der Waals surface area contributed by atoms with E-state index in [4.69, 9.17) is 0 Å². The van der Waals surface area contributed by atoms with Crippen LogP contribution in [0.25, 0.3) is 10.2 Å². The number of carbonyl (C=O) groups excluding carboxylic acids is 1. The Bertz CT molecular complexity index is 1340. The summed E-state index contributed by atoms with van der Waals surface area (Å²) in [5.74, 6) is -0.398. The number of thiazole rings is 1. The normalized spacial score (nSPS) is 15.9. The van der Waals surface area contributed by atoms with Gasteiger partial charge in [-0.1, -0.05) is 29.9 Å². The summed E-state index contributed by atoms with van der Waals surface area (Å²) in [7, 11) is -3.53.